The lowest BCUT2D eigenvalue weighted by atomic mass is 10.1. The molecule has 5 heteroatoms. The number of anilines is 1. The van der Waals surface area contributed by atoms with Crippen LogP contribution in [-0.2, 0) is 11.3 Å². The van der Waals surface area contributed by atoms with Crippen LogP contribution in [0.1, 0.15) is 16.7 Å². The van der Waals surface area contributed by atoms with E-state index in [-0.39, 0.29) is 6.10 Å². The summed E-state index contributed by atoms with van der Waals surface area (Å²) < 4.78 is 5.91. The van der Waals surface area contributed by atoms with Crippen molar-refractivity contribution < 1.29 is 9.64 Å². The standard InChI is InChI=1S/C21H27N3OS/c1-16-8-9-19(12-17(16)2)23-21(26)22-13-20-15-24(10-11-25-20)14-18-6-4-3-5-7-18/h3-9,12,20H,10-11,13-15H2,1-2H3,(H2,22,23,26)/p+1/t20-/m0/s1. The lowest BCUT2D eigenvalue weighted by Crippen LogP contribution is -3.13. The van der Waals surface area contributed by atoms with Gasteiger partial charge in [0, 0.05) is 17.8 Å². The van der Waals surface area contributed by atoms with Gasteiger partial charge in [-0.05, 0) is 49.3 Å². The van der Waals surface area contributed by atoms with Crippen LogP contribution in [0.5, 0.6) is 0 Å². The highest BCUT2D eigenvalue weighted by atomic mass is 32.1. The summed E-state index contributed by atoms with van der Waals surface area (Å²) in [5.74, 6) is 0. The number of ether oxygens (including phenoxy) is 1. The number of morpholine rings is 1. The highest BCUT2D eigenvalue weighted by Crippen LogP contribution is 2.13. The van der Waals surface area contributed by atoms with Crippen LogP contribution < -0.4 is 15.5 Å². The third-order valence-corrected chi connectivity index (χ3v) is 5.12. The fourth-order valence-corrected chi connectivity index (χ4v) is 3.43. The van der Waals surface area contributed by atoms with E-state index in [0.29, 0.717) is 5.11 Å². The third-order valence-electron chi connectivity index (χ3n) is 4.88. The minimum Gasteiger partial charge on any atom is -0.365 e. The summed E-state index contributed by atoms with van der Waals surface area (Å²) in [5, 5.41) is 7.21. The summed E-state index contributed by atoms with van der Waals surface area (Å²) in [6.45, 7) is 8.84. The minimum absolute atomic E-state index is 0.182. The SMILES string of the molecule is Cc1ccc(NC(=S)NC[C@H]2C[NH+](Cc3ccccc3)CCO2)cc1C. The van der Waals surface area contributed by atoms with Crippen LogP contribution in [0, 0.1) is 13.8 Å². The largest absolute Gasteiger partial charge is 0.365 e. The Kier molecular flexibility index (Phi) is 6.61. The van der Waals surface area contributed by atoms with E-state index in [1.807, 2.05) is 0 Å². The van der Waals surface area contributed by atoms with E-state index in [0.717, 1.165) is 38.5 Å². The molecule has 1 saturated heterocycles. The van der Waals surface area contributed by atoms with Gasteiger partial charge in [-0.2, -0.15) is 0 Å². The molecule has 4 nitrogen and oxygen atoms in total. The van der Waals surface area contributed by atoms with Crippen molar-refractivity contribution in [1.82, 2.24) is 5.32 Å². The first-order valence-electron chi connectivity index (χ1n) is 9.21. The molecule has 0 aromatic heterocycles. The first-order valence-corrected chi connectivity index (χ1v) is 9.62. The van der Waals surface area contributed by atoms with Crippen molar-refractivity contribution in [3.63, 3.8) is 0 Å². The molecule has 1 unspecified atom stereocenters. The Morgan fingerprint density at radius 3 is 2.73 bits per heavy atom. The molecule has 3 rings (SSSR count). The molecule has 2 atom stereocenters. The Morgan fingerprint density at radius 1 is 1.15 bits per heavy atom. The van der Waals surface area contributed by atoms with Crippen molar-refractivity contribution in [3.05, 3.63) is 65.2 Å². The number of aryl methyl sites for hydroxylation is 2. The van der Waals surface area contributed by atoms with E-state index < -0.39 is 0 Å². The quantitative estimate of drug-likeness (QED) is 0.705. The second-order valence-electron chi connectivity index (χ2n) is 6.99. The summed E-state index contributed by atoms with van der Waals surface area (Å²) in [5.41, 5.74) is 4.94. The topological polar surface area (TPSA) is 37.7 Å². The number of hydrogen-bond donors (Lipinski definition) is 3. The van der Waals surface area contributed by atoms with Crippen molar-refractivity contribution in [2.45, 2.75) is 26.5 Å². The van der Waals surface area contributed by atoms with Crippen molar-refractivity contribution in [2.24, 2.45) is 0 Å². The van der Waals surface area contributed by atoms with Crippen LogP contribution in [0.3, 0.4) is 0 Å². The predicted molar refractivity (Wildman–Crippen MR) is 111 cm³/mol. The molecule has 1 heterocycles. The average Bonchev–Trinajstić information content (AvgIpc) is 2.64. The Labute approximate surface area is 161 Å². The van der Waals surface area contributed by atoms with Gasteiger partial charge in [0.1, 0.15) is 25.7 Å². The van der Waals surface area contributed by atoms with Gasteiger partial charge < -0.3 is 20.3 Å². The zero-order valence-electron chi connectivity index (χ0n) is 15.5. The summed E-state index contributed by atoms with van der Waals surface area (Å²) >= 11 is 5.43. The van der Waals surface area contributed by atoms with Crippen LogP contribution in [0.4, 0.5) is 5.69 Å². The smallest absolute Gasteiger partial charge is 0.170 e. The maximum atomic E-state index is 5.91. The van der Waals surface area contributed by atoms with Crippen LogP contribution in [-0.4, -0.2) is 37.5 Å². The van der Waals surface area contributed by atoms with Gasteiger partial charge in [0.2, 0.25) is 0 Å². The predicted octanol–water partition coefficient (Wildman–Crippen LogP) is 2.07. The van der Waals surface area contributed by atoms with Gasteiger partial charge in [-0.1, -0.05) is 36.4 Å². The van der Waals surface area contributed by atoms with Gasteiger partial charge >= 0.3 is 0 Å². The fraction of sp³-hybridized carbons (Fsp3) is 0.381. The second-order valence-corrected chi connectivity index (χ2v) is 7.40. The molecule has 0 radical (unpaired) electrons. The molecule has 0 bridgehead atoms. The van der Waals surface area contributed by atoms with Crippen LogP contribution in [0.25, 0.3) is 0 Å². The molecule has 2 aromatic carbocycles. The Morgan fingerprint density at radius 2 is 1.96 bits per heavy atom. The molecule has 3 N–H and O–H groups in total. The molecule has 0 amide bonds. The van der Waals surface area contributed by atoms with E-state index in [1.54, 1.807) is 4.90 Å². The van der Waals surface area contributed by atoms with E-state index in [4.69, 9.17) is 17.0 Å². The molecule has 1 aliphatic heterocycles. The first-order chi connectivity index (χ1) is 12.6. The first kappa shape index (κ1) is 18.8. The summed E-state index contributed by atoms with van der Waals surface area (Å²) in [6.07, 6.45) is 0.182. The Balaban J connectivity index is 1.44. The van der Waals surface area contributed by atoms with Crippen molar-refractivity contribution in [1.29, 1.82) is 0 Å². The number of nitrogens with one attached hydrogen (secondary N) is 3. The maximum absolute atomic E-state index is 5.91. The number of hydrogen-bond acceptors (Lipinski definition) is 2. The van der Waals surface area contributed by atoms with Crippen LogP contribution in [0.15, 0.2) is 48.5 Å². The molecule has 0 aliphatic carbocycles. The number of rotatable bonds is 5. The average molecular weight is 371 g/mol. The van der Waals surface area contributed by atoms with E-state index >= 15 is 0 Å². The zero-order chi connectivity index (χ0) is 18.4. The van der Waals surface area contributed by atoms with E-state index in [1.165, 1.54) is 16.7 Å². The van der Waals surface area contributed by atoms with Crippen LogP contribution >= 0.6 is 12.2 Å². The van der Waals surface area contributed by atoms with Gasteiger partial charge in [0.15, 0.2) is 5.11 Å². The highest BCUT2D eigenvalue weighted by Gasteiger charge is 2.23. The monoisotopic (exact) mass is 370 g/mol. The highest BCUT2D eigenvalue weighted by molar-refractivity contribution is 7.80. The summed E-state index contributed by atoms with van der Waals surface area (Å²) in [4.78, 5) is 1.56. The number of benzene rings is 2. The zero-order valence-corrected chi connectivity index (χ0v) is 16.4. The molecular weight excluding hydrogens is 342 g/mol. The van der Waals surface area contributed by atoms with E-state index in [9.17, 15) is 0 Å². The second kappa shape index (κ2) is 9.12. The molecule has 1 aliphatic rings. The lowest BCUT2D eigenvalue weighted by Gasteiger charge is -2.30. The summed E-state index contributed by atoms with van der Waals surface area (Å²) in [7, 11) is 0. The molecule has 0 spiro atoms. The van der Waals surface area contributed by atoms with E-state index in [2.05, 4.69) is 73.0 Å². The van der Waals surface area contributed by atoms with Crippen molar-refractivity contribution in [2.75, 3.05) is 31.6 Å². The molecule has 1 fully saturated rings. The lowest BCUT2D eigenvalue weighted by molar-refractivity contribution is -0.925. The van der Waals surface area contributed by atoms with Crippen LogP contribution in [0.2, 0.25) is 0 Å². The van der Waals surface area contributed by atoms with Crippen molar-refractivity contribution >= 4 is 23.0 Å². The Hall–Kier alpha value is -1.95. The third kappa shape index (κ3) is 5.53. The molecule has 0 saturated carbocycles. The molecular formula is C21H28N3OS+. The van der Waals surface area contributed by atoms with Gasteiger partial charge in [0.25, 0.3) is 0 Å². The van der Waals surface area contributed by atoms with Gasteiger partial charge in [-0.15, -0.1) is 0 Å². The van der Waals surface area contributed by atoms with Crippen molar-refractivity contribution in [3.8, 4) is 0 Å². The summed E-state index contributed by atoms with van der Waals surface area (Å²) in [6, 6.07) is 16.9. The number of quaternary nitrogens is 1. The van der Waals surface area contributed by atoms with Gasteiger partial charge in [0.05, 0.1) is 6.61 Å². The minimum atomic E-state index is 0.182. The number of thiocarbonyl (C=S) groups is 1. The fourth-order valence-electron chi connectivity index (χ4n) is 3.23. The molecule has 2 aromatic rings. The molecule has 26 heavy (non-hydrogen) atoms. The maximum Gasteiger partial charge on any atom is 0.170 e. The van der Waals surface area contributed by atoms with Gasteiger partial charge in [-0.3, -0.25) is 0 Å². The molecule has 138 valence electrons. The Bertz CT molecular complexity index is 735. The van der Waals surface area contributed by atoms with Gasteiger partial charge in [-0.25, -0.2) is 0 Å². The normalized spacial score (nSPS) is 19.8.